The van der Waals surface area contributed by atoms with Gasteiger partial charge in [-0.15, -0.1) is 0 Å². The van der Waals surface area contributed by atoms with Gasteiger partial charge < -0.3 is 10.6 Å². The molecule has 2 N–H and O–H groups in total. The third-order valence-corrected chi connectivity index (χ3v) is 3.19. The van der Waals surface area contributed by atoms with Gasteiger partial charge in [0.25, 0.3) is 0 Å². The molecule has 0 aromatic rings. The van der Waals surface area contributed by atoms with E-state index >= 15 is 0 Å². The maximum absolute atomic E-state index is 11.4. The number of nitrogens with zero attached hydrogens (tertiary/aromatic N) is 1. The summed E-state index contributed by atoms with van der Waals surface area (Å²) in [7, 11) is 0. The lowest BCUT2D eigenvalue weighted by Gasteiger charge is -2.34. The molecule has 0 saturated heterocycles. The molecule has 1 aliphatic carbocycles. The molecule has 0 aromatic heterocycles. The second-order valence-corrected chi connectivity index (χ2v) is 4.73. The minimum atomic E-state index is -0.0120. The summed E-state index contributed by atoms with van der Waals surface area (Å²) in [5, 5.41) is 14.4. The molecular weight excluding hydrogens is 202 g/mol. The van der Waals surface area contributed by atoms with E-state index in [-0.39, 0.29) is 11.4 Å². The summed E-state index contributed by atoms with van der Waals surface area (Å²) >= 11 is 0. The van der Waals surface area contributed by atoms with E-state index in [1.54, 1.807) is 0 Å². The van der Waals surface area contributed by atoms with E-state index in [2.05, 4.69) is 17.6 Å². The van der Waals surface area contributed by atoms with Gasteiger partial charge in [-0.1, -0.05) is 19.3 Å². The lowest BCUT2D eigenvalue weighted by atomic mass is 9.83. The molecule has 1 fully saturated rings. The van der Waals surface area contributed by atoms with Crippen molar-refractivity contribution in [3.8, 4) is 6.07 Å². The van der Waals surface area contributed by atoms with Crippen molar-refractivity contribution in [3.05, 3.63) is 0 Å². The summed E-state index contributed by atoms with van der Waals surface area (Å²) in [4.78, 5) is 11.4. The van der Waals surface area contributed by atoms with E-state index in [1.165, 1.54) is 19.3 Å². The van der Waals surface area contributed by atoms with E-state index in [9.17, 15) is 4.79 Å². The third kappa shape index (κ3) is 4.63. The van der Waals surface area contributed by atoms with Gasteiger partial charge in [0.15, 0.2) is 0 Å². The molecule has 1 saturated carbocycles. The zero-order valence-corrected chi connectivity index (χ0v) is 10.0. The van der Waals surface area contributed by atoms with Crippen molar-refractivity contribution in [3.63, 3.8) is 0 Å². The van der Waals surface area contributed by atoms with Gasteiger partial charge in [-0.3, -0.25) is 4.79 Å². The van der Waals surface area contributed by atoms with Gasteiger partial charge in [-0.2, -0.15) is 5.26 Å². The van der Waals surface area contributed by atoms with Gasteiger partial charge in [0.2, 0.25) is 5.91 Å². The van der Waals surface area contributed by atoms with Crippen LogP contribution in [0.4, 0.5) is 0 Å². The van der Waals surface area contributed by atoms with Crippen LogP contribution in [0.2, 0.25) is 0 Å². The van der Waals surface area contributed by atoms with Crippen molar-refractivity contribution in [2.24, 2.45) is 0 Å². The fourth-order valence-electron chi connectivity index (χ4n) is 2.12. The highest BCUT2D eigenvalue weighted by atomic mass is 16.1. The minimum Gasteiger partial charge on any atom is -0.354 e. The molecule has 0 radical (unpaired) electrons. The van der Waals surface area contributed by atoms with Gasteiger partial charge in [-0.05, 0) is 19.8 Å². The summed E-state index contributed by atoms with van der Waals surface area (Å²) in [6.07, 6.45) is 6.49. The summed E-state index contributed by atoms with van der Waals surface area (Å²) in [5.41, 5.74) is 0.130. The van der Waals surface area contributed by atoms with Crippen LogP contribution in [-0.2, 0) is 4.79 Å². The quantitative estimate of drug-likeness (QED) is 0.691. The van der Waals surface area contributed by atoms with Crippen LogP contribution in [0.25, 0.3) is 0 Å². The number of carbonyl (C=O) groups is 1. The van der Waals surface area contributed by atoms with Crippen molar-refractivity contribution in [1.29, 1.82) is 5.26 Å². The topological polar surface area (TPSA) is 64.9 Å². The molecule has 4 nitrogen and oxygen atoms in total. The Morgan fingerprint density at radius 2 is 2.06 bits per heavy atom. The number of amides is 1. The van der Waals surface area contributed by atoms with E-state index in [0.29, 0.717) is 19.5 Å². The minimum absolute atomic E-state index is 0.0120. The monoisotopic (exact) mass is 223 g/mol. The molecular formula is C12H21N3O. The predicted molar refractivity (Wildman–Crippen MR) is 62.7 cm³/mol. The van der Waals surface area contributed by atoms with Crippen molar-refractivity contribution < 1.29 is 4.79 Å². The zero-order chi connectivity index (χ0) is 11.9. The molecule has 1 aliphatic rings. The van der Waals surface area contributed by atoms with Crippen LogP contribution in [0.5, 0.6) is 0 Å². The highest BCUT2D eigenvalue weighted by Gasteiger charge is 2.26. The summed E-state index contributed by atoms with van der Waals surface area (Å²) in [6.45, 7) is 3.00. The van der Waals surface area contributed by atoms with Gasteiger partial charge in [0.05, 0.1) is 19.0 Å². The Balaban J connectivity index is 2.17. The van der Waals surface area contributed by atoms with Crippen LogP contribution >= 0.6 is 0 Å². The van der Waals surface area contributed by atoms with Gasteiger partial charge in [0.1, 0.15) is 0 Å². The first-order valence-corrected chi connectivity index (χ1v) is 6.05. The van der Waals surface area contributed by atoms with Gasteiger partial charge in [0, 0.05) is 12.1 Å². The van der Waals surface area contributed by atoms with E-state index < -0.39 is 0 Å². The Kier molecular flexibility index (Phi) is 5.27. The zero-order valence-electron chi connectivity index (χ0n) is 10.0. The fourth-order valence-corrected chi connectivity index (χ4v) is 2.12. The van der Waals surface area contributed by atoms with Crippen molar-refractivity contribution in [1.82, 2.24) is 10.6 Å². The average molecular weight is 223 g/mol. The second kappa shape index (κ2) is 6.49. The molecule has 16 heavy (non-hydrogen) atoms. The van der Waals surface area contributed by atoms with E-state index in [0.717, 1.165) is 12.8 Å². The summed E-state index contributed by atoms with van der Waals surface area (Å²) < 4.78 is 0. The van der Waals surface area contributed by atoms with Crippen LogP contribution in [0.15, 0.2) is 0 Å². The number of carbonyl (C=O) groups excluding carboxylic acids is 1. The first-order valence-electron chi connectivity index (χ1n) is 6.05. The molecule has 0 aliphatic heterocycles. The first-order chi connectivity index (χ1) is 7.66. The maximum atomic E-state index is 11.4. The summed E-state index contributed by atoms with van der Waals surface area (Å²) in [6, 6.07) is 2.00. The lowest BCUT2D eigenvalue weighted by molar-refractivity contribution is -0.120. The van der Waals surface area contributed by atoms with E-state index in [1.807, 2.05) is 6.07 Å². The van der Waals surface area contributed by atoms with Crippen molar-refractivity contribution in [2.45, 2.75) is 51.0 Å². The van der Waals surface area contributed by atoms with Crippen LogP contribution < -0.4 is 10.6 Å². The third-order valence-electron chi connectivity index (χ3n) is 3.19. The molecule has 90 valence electrons. The summed E-state index contributed by atoms with van der Waals surface area (Å²) in [5.74, 6) is -0.0120. The second-order valence-electron chi connectivity index (χ2n) is 4.73. The molecule has 0 aromatic carbocycles. The molecule has 1 amide bonds. The molecule has 4 heteroatoms. The van der Waals surface area contributed by atoms with Crippen LogP contribution in [0.1, 0.15) is 45.4 Å². The molecule has 0 bridgehead atoms. The normalized spacial score (nSPS) is 18.8. The predicted octanol–water partition coefficient (Wildman–Crippen LogP) is 1.33. The largest absolute Gasteiger partial charge is 0.354 e. The molecule has 0 unspecified atom stereocenters. The van der Waals surface area contributed by atoms with Crippen LogP contribution in [0.3, 0.4) is 0 Å². The van der Waals surface area contributed by atoms with Crippen LogP contribution in [0, 0.1) is 11.3 Å². The SMILES string of the molecule is CC1(NCC(=O)NCCC#N)CCCCC1. The smallest absolute Gasteiger partial charge is 0.234 e. The van der Waals surface area contributed by atoms with Crippen molar-refractivity contribution in [2.75, 3.05) is 13.1 Å². The number of nitriles is 1. The Morgan fingerprint density at radius 3 is 2.69 bits per heavy atom. The Labute approximate surface area is 97.4 Å². The molecule has 0 spiro atoms. The van der Waals surface area contributed by atoms with E-state index in [4.69, 9.17) is 5.26 Å². The Morgan fingerprint density at radius 1 is 1.38 bits per heavy atom. The first kappa shape index (κ1) is 13.0. The molecule has 0 atom stereocenters. The van der Waals surface area contributed by atoms with Gasteiger partial charge >= 0.3 is 0 Å². The molecule has 0 heterocycles. The fraction of sp³-hybridized carbons (Fsp3) is 0.833. The number of rotatable bonds is 5. The standard InChI is InChI=1S/C12H21N3O/c1-12(6-3-2-4-7-12)15-10-11(16)14-9-5-8-13/h15H,2-7,9-10H2,1H3,(H,14,16). The maximum Gasteiger partial charge on any atom is 0.234 e. The molecule has 1 rings (SSSR count). The highest BCUT2D eigenvalue weighted by Crippen LogP contribution is 2.27. The van der Waals surface area contributed by atoms with Crippen molar-refractivity contribution >= 4 is 5.91 Å². The lowest BCUT2D eigenvalue weighted by Crippen LogP contribution is -2.48. The van der Waals surface area contributed by atoms with Gasteiger partial charge in [-0.25, -0.2) is 0 Å². The van der Waals surface area contributed by atoms with Crippen LogP contribution in [-0.4, -0.2) is 24.5 Å². The number of hydrogen-bond donors (Lipinski definition) is 2. The Bertz CT molecular complexity index is 264. The average Bonchev–Trinajstić information content (AvgIpc) is 2.28. The number of nitrogens with one attached hydrogen (secondary N) is 2. The Hall–Kier alpha value is -1.08. The highest BCUT2D eigenvalue weighted by molar-refractivity contribution is 5.78. The number of hydrogen-bond acceptors (Lipinski definition) is 3.